The van der Waals surface area contributed by atoms with Crippen molar-refractivity contribution >= 4 is 10.8 Å². The van der Waals surface area contributed by atoms with Gasteiger partial charge in [0.05, 0.1) is 5.56 Å². The Labute approximate surface area is 209 Å². The Bertz CT molecular complexity index is 1330. The van der Waals surface area contributed by atoms with Crippen LogP contribution in [0, 0.1) is 17.7 Å². The first kappa shape index (κ1) is 24.5. The van der Waals surface area contributed by atoms with Crippen LogP contribution in [0.4, 0.5) is 4.39 Å². The highest BCUT2D eigenvalue weighted by Gasteiger charge is 2.07. The Morgan fingerprint density at radius 1 is 0.714 bits per heavy atom. The highest BCUT2D eigenvalue weighted by molar-refractivity contribution is 5.85. The van der Waals surface area contributed by atoms with Crippen molar-refractivity contribution in [1.29, 1.82) is 0 Å². The van der Waals surface area contributed by atoms with Crippen molar-refractivity contribution in [2.75, 3.05) is 0 Å². The Hall–Kier alpha value is -3.63. The zero-order chi connectivity index (χ0) is 24.5. The maximum atomic E-state index is 15.2. The predicted octanol–water partition coefficient (Wildman–Crippen LogP) is 8.63. The van der Waals surface area contributed by atoms with E-state index in [0.29, 0.717) is 10.9 Å². The number of aryl methyl sites for hydroxylation is 4. The molecule has 0 atom stereocenters. The molecule has 0 saturated heterocycles. The quantitative estimate of drug-likeness (QED) is 0.173. The highest BCUT2D eigenvalue weighted by Crippen LogP contribution is 2.23. The van der Waals surface area contributed by atoms with E-state index in [1.807, 2.05) is 36.4 Å². The summed E-state index contributed by atoms with van der Waals surface area (Å²) in [4.78, 5) is 0. The standard InChI is InChI=1S/C34H33F/c1-3-5-7-26-9-13-28(14-10-26)17-18-30-20-24-33-32(25-30)23-22-31(34(33)35)21-19-29-15-11-27(12-16-29)8-6-4-2/h3,9-16,20,22-25H,1,4-8,17-18H2,2H3. The smallest absolute Gasteiger partial charge is 0.146 e. The van der Waals surface area contributed by atoms with Gasteiger partial charge < -0.3 is 0 Å². The van der Waals surface area contributed by atoms with E-state index in [4.69, 9.17) is 0 Å². The summed E-state index contributed by atoms with van der Waals surface area (Å²) in [6.45, 7) is 5.99. The molecule has 0 bridgehead atoms. The number of halogens is 1. The van der Waals surface area contributed by atoms with Crippen LogP contribution in [0.3, 0.4) is 0 Å². The first-order chi connectivity index (χ1) is 17.2. The molecule has 0 heterocycles. The topological polar surface area (TPSA) is 0 Å². The summed E-state index contributed by atoms with van der Waals surface area (Å²) < 4.78 is 15.2. The lowest BCUT2D eigenvalue weighted by Gasteiger charge is -2.07. The number of hydrogen-bond acceptors (Lipinski definition) is 0. The molecule has 0 radical (unpaired) electrons. The third kappa shape index (κ3) is 6.71. The van der Waals surface area contributed by atoms with Gasteiger partial charge in [-0.2, -0.15) is 0 Å². The van der Waals surface area contributed by atoms with Crippen molar-refractivity contribution in [1.82, 2.24) is 0 Å². The van der Waals surface area contributed by atoms with Gasteiger partial charge in [-0.05, 0) is 84.4 Å². The molecule has 0 saturated carbocycles. The lowest BCUT2D eigenvalue weighted by molar-refractivity contribution is 0.636. The minimum atomic E-state index is -0.240. The zero-order valence-electron chi connectivity index (χ0n) is 20.6. The highest BCUT2D eigenvalue weighted by atomic mass is 19.1. The van der Waals surface area contributed by atoms with Crippen LogP contribution in [0.2, 0.25) is 0 Å². The molecule has 4 aromatic carbocycles. The molecule has 35 heavy (non-hydrogen) atoms. The van der Waals surface area contributed by atoms with Crippen molar-refractivity contribution in [3.63, 3.8) is 0 Å². The summed E-state index contributed by atoms with van der Waals surface area (Å²) in [5, 5.41) is 1.55. The fraction of sp³-hybridized carbons (Fsp3) is 0.235. The molecule has 0 aliphatic carbocycles. The van der Waals surface area contributed by atoms with Gasteiger partial charge in [0, 0.05) is 10.9 Å². The molecule has 0 aliphatic heterocycles. The van der Waals surface area contributed by atoms with E-state index in [0.717, 1.165) is 43.1 Å². The minimum absolute atomic E-state index is 0.240. The van der Waals surface area contributed by atoms with E-state index >= 15 is 4.39 Å². The van der Waals surface area contributed by atoms with E-state index in [1.54, 1.807) is 6.07 Å². The molecular formula is C34H33F. The second-order valence-corrected chi connectivity index (χ2v) is 9.18. The number of rotatable bonds is 9. The van der Waals surface area contributed by atoms with Gasteiger partial charge in [-0.25, -0.2) is 4.39 Å². The SMILES string of the molecule is C=CCCc1ccc(CCc2ccc3c(F)c(C#Cc4ccc(CCCC)cc4)ccc3c2)cc1. The van der Waals surface area contributed by atoms with E-state index in [-0.39, 0.29) is 5.82 Å². The first-order valence-electron chi connectivity index (χ1n) is 12.7. The van der Waals surface area contributed by atoms with E-state index in [9.17, 15) is 0 Å². The monoisotopic (exact) mass is 460 g/mol. The van der Waals surface area contributed by atoms with E-state index in [1.165, 1.54) is 35.1 Å². The largest absolute Gasteiger partial charge is 0.205 e. The third-order valence-corrected chi connectivity index (χ3v) is 6.50. The summed E-state index contributed by atoms with van der Waals surface area (Å²) in [5.74, 6) is 5.91. The second-order valence-electron chi connectivity index (χ2n) is 9.18. The van der Waals surface area contributed by atoms with Gasteiger partial charge in [0.25, 0.3) is 0 Å². The van der Waals surface area contributed by atoms with Crippen molar-refractivity contribution in [3.05, 3.63) is 131 Å². The fourth-order valence-corrected chi connectivity index (χ4v) is 4.30. The molecule has 0 nitrogen and oxygen atoms in total. The van der Waals surface area contributed by atoms with Crippen LogP contribution < -0.4 is 0 Å². The number of benzene rings is 4. The molecule has 0 spiro atoms. The van der Waals surface area contributed by atoms with Crippen LogP contribution in [0.1, 0.15) is 59.6 Å². The average Bonchev–Trinajstić information content (AvgIpc) is 2.90. The van der Waals surface area contributed by atoms with Gasteiger partial charge in [0.1, 0.15) is 5.82 Å². The number of unbranched alkanes of at least 4 members (excludes halogenated alkanes) is 1. The average molecular weight is 461 g/mol. The van der Waals surface area contributed by atoms with E-state index in [2.05, 4.69) is 67.8 Å². The Morgan fingerprint density at radius 2 is 1.34 bits per heavy atom. The molecule has 1 heteroatoms. The van der Waals surface area contributed by atoms with Gasteiger partial charge in [-0.15, -0.1) is 6.58 Å². The minimum Gasteiger partial charge on any atom is -0.205 e. The molecule has 4 rings (SSSR count). The molecule has 0 N–H and O–H groups in total. The van der Waals surface area contributed by atoms with Gasteiger partial charge in [0.2, 0.25) is 0 Å². The second kappa shape index (κ2) is 12.2. The van der Waals surface area contributed by atoms with Crippen molar-refractivity contribution in [2.24, 2.45) is 0 Å². The summed E-state index contributed by atoms with van der Waals surface area (Å²) in [7, 11) is 0. The van der Waals surface area contributed by atoms with Gasteiger partial charge in [0.15, 0.2) is 0 Å². The van der Waals surface area contributed by atoms with Crippen LogP contribution in [-0.2, 0) is 25.7 Å². The Balaban J connectivity index is 1.43. The summed E-state index contributed by atoms with van der Waals surface area (Å²) in [5.41, 5.74) is 6.56. The van der Waals surface area contributed by atoms with Crippen molar-refractivity contribution in [3.8, 4) is 11.8 Å². The molecule has 176 valence electrons. The van der Waals surface area contributed by atoms with Gasteiger partial charge in [-0.3, -0.25) is 0 Å². The maximum Gasteiger partial charge on any atom is 0.146 e. The molecule has 0 unspecified atom stereocenters. The molecule has 0 amide bonds. The van der Waals surface area contributed by atoms with Crippen LogP contribution in [0.15, 0.2) is 91.5 Å². The number of allylic oxidation sites excluding steroid dienone is 1. The maximum absolute atomic E-state index is 15.2. The van der Waals surface area contributed by atoms with Crippen molar-refractivity contribution < 1.29 is 4.39 Å². The summed E-state index contributed by atoms with van der Waals surface area (Å²) >= 11 is 0. The molecular weight excluding hydrogens is 427 g/mol. The van der Waals surface area contributed by atoms with E-state index < -0.39 is 0 Å². The normalized spacial score (nSPS) is 10.7. The third-order valence-electron chi connectivity index (χ3n) is 6.50. The Kier molecular flexibility index (Phi) is 8.53. The molecule has 0 aliphatic rings. The fourth-order valence-electron chi connectivity index (χ4n) is 4.30. The van der Waals surface area contributed by atoms with Crippen LogP contribution >= 0.6 is 0 Å². The van der Waals surface area contributed by atoms with Crippen LogP contribution in [0.25, 0.3) is 10.8 Å². The lowest BCUT2D eigenvalue weighted by atomic mass is 9.98. The molecule has 0 fully saturated rings. The summed E-state index contributed by atoms with van der Waals surface area (Å²) in [6.07, 6.45) is 9.38. The zero-order valence-corrected chi connectivity index (χ0v) is 20.6. The predicted molar refractivity (Wildman–Crippen MR) is 147 cm³/mol. The van der Waals surface area contributed by atoms with Crippen LogP contribution in [-0.4, -0.2) is 0 Å². The number of hydrogen-bond donors (Lipinski definition) is 0. The number of fused-ring (bicyclic) bond motifs is 1. The first-order valence-corrected chi connectivity index (χ1v) is 12.7. The molecule has 4 aromatic rings. The summed E-state index contributed by atoms with van der Waals surface area (Å²) in [6, 6.07) is 26.9. The Morgan fingerprint density at radius 3 is 2.06 bits per heavy atom. The van der Waals surface area contributed by atoms with Gasteiger partial charge >= 0.3 is 0 Å². The van der Waals surface area contributed by atoms with Crippen LogP contribution in [0.5, 0.6) is 0 Å². The lowest BCUT2D eigenvalue weighted by Crippen LogP contribution is -1.94. The van der Waals surface area contributed by atoms with Crippen molar-refractivity contribution in [2.45, 2.75) is 51.9 Å². The van der Waals surface area contributed by atoms with Gasteiger partial charge in [-0.1, -0.05) is 91.9 Å². The molecule has 0 aromatic heterocycles.